The van der Waals surface area contributed by atoms with Crippen molar-refractivity contribution in [1.82, 2.24) is 0 Å². The molecule has 16 heavy (non-hydrogen) atoms. The summed E-state index contributed by atoms with van der Waals surface area (Å²) in [4.78, 5) is 13.4. The minimum absolute atomic E-state index is 0.283. The molecule has 0 aliphatic carbocycles. The highest BCUT2D eigenvalue weighted by Gasteiger charge is 2.06. The van der Waals surface area contributed by atoms with Crippen LogP contribution in [0.5, 0.6) is 0 Å². The van der Waals surface area contributed by atoms with Gasteiger partial charge >= 0.3 is 5.97 Å². The van der Waals surface area contributed by atoms with E-state index in [1.54, 1.807) is 19.1 Å². The molecule has 3 nitrogen and oxygen atoms in total. The summed E-state index contributed by atoms with van der Waals surface area (Å²) in [5.74, 6) is 0.296. The van der Waals surface area contributed by atoms with E-state index in [0.29, 0.717) is 18.1 Å². The second kappa shape index (κ2) is 6.38. The zero-order valence-electron chi connectivity index (χ0n) is 9.57. The van der Waals surface area contributed by atoms with E-state index >= 15 is 0 Å². The maximum Gasteiger partial charge on any atom is 0.338 e. The highest BCUT2D eigenvalue weighted by Crippen LogP contribution is 2.14. The molecule has 0 heterocycles. The second-order valence-electron chi connectivity index (χ2n) is 3.38. The lowest BCUT2D eigenvalue weighted by Gasteiger charge is -2.17. The number of nitrogens with zero attached hydrogens (tertiary/aromatic N) is 1. The predicted molar refractivity (Wildman–Crippen MR) is 66.4 cm³/mol. The smallest absolute Gasteiger partial charge is 0.338 e. The van der Waals surface area contributed by atoms with E-state index in [4.69, 9.17) is 16.3 Å². The van der Waals surface area contributed by atoms with Gasteiger partial charge in [-0.05, 0) is 31.2 Å². The fourth-order valence-corrected chi connectivity index (χ4v) is 1.58. The molecule has 0 radical (unpaired) electrons. The quantitative estimate of drug-likeness (QED) is 0.586. The third-order valence-corrected chi connectivity index (χ3v) is 2.41. The first-order valence-corrected chi connectivity index (χ1v) is 5.76. The number of alkyl halides is 1. The summed E-state index contributed by atoms with van der Waals surface area (Å²) in [6, 6.07) is 7.30. The Hall–Kier alpha value is -1.22. The normalized spacial score (nSPS) is 9.94. The molecule has 0 fully saturated rings. The molecule has 0 aliphatic heterocycles. The molecule has 0 unspecified atom stereocenters. The van der Waals surface area contributed by atoms with Crippen LogP contribution >= 0.6 is 11.6 Å². The van der Waals surface area contributed by atoms with Gasteiger partial charge in [0.15, 0.2) is 0 Å². The molecular formula is C12H16ClNO2. The van der Waals surface area contributed by atoms with Crippen LogP contribution < -0.4 is 4.90 Å². The van der Waals surface area contributed by atoms with E-state index in [1.807, 2.05) is 24.1 Å². The van der Waals surface area contributed by atoms with Crippen LogP contribution in [0, 0.1) is 0 Å². The van der Waals surface area contributed by atoms with Crippen LogP contribution in [0.25, 0.3) is 0 Å². The van der Waals surface area contributed by atoms with Gasteiger partial charge in [-0.25, -0.2) is 4.79 Å². The van der Waals surface area contributed by atoms with Crippen LogP contribution in [0.1, 0.15) is 17.3 Å². The second-order valence-corrected chi connectivity index (χ2v) is 3.76. The Morgan fingerprint density at radius 2 is 2.00 bits per heavy atom. The summed E-state index contributed by atoms with van der Waals surface area (Å²) in [5, 5.41) is 0. The maximum absolute atomic E-state index is 11.4. The van der Waals surface area contributed by atoms with Crippen LogP contribution in [0.15, 0.2) is 24.3 Å². The van der Waals surface area contributed by atoms with Crippen LogP contribution in [0.3, 0.4) is 0 Å². The molecule has 1 aromatic rings. The van der Waals surface area contributed by atoms with E-state index in [1.165, 1.54) is 0 Å². The first-order valence-electron chi connectivity index (χ1n) is 5.23. The molecule has 0 amide bonds. The van der Waals surface area contributed by atoms with Gasteiger partial charge in [-0.2, -0.15) is 0 Å². The van der Waals surface area contributed by atoms with Crippen molar-refractivity contribution >= 4 is 23.3 Å². The van der Waals surface area contributed by atoms with Crippen molar-refractivity contribution in [3.63, 3.8) is 0 Å². The van der Waals surface area contributed by atoms with Crippen molar-refractivity contribution in [2.45, 2.75) is 6.92 Å². The molecule has 0 aliphatic rings. The van der Waals surface area contributed by atoms with Gasteiger partial charge in [-0.1, -0.05) is 0 Å². The summed E-state index contributed by atoms with van der Waals surface area (Å²) in [6.07, 6.45) is 0. The summed E-state index contributed by atoms with van der Waals surface area (Å²) in [7, 11) is 1.96. The van der Waals surface area contributed by atoms with E-state index in [9.17, 15) is 4.79 Å². The maximum atomic E-state index is 11.4. The molecule has 0 saturated heterocycles. The number of hydrogen-bond donors (Lipinski definition) is 0. The molecule has 4 heteroatoms. The average Bonchev–Trinajstić information content (AvgIpc) is 2.30. The lowest BCUT2D eigenvalue weighted by Crippen LogP contribution is -2.19. The van der Waals surface area contributed by atoms with Crippen LogP contribution in [0.2, 0.25) is 0 Å². The lowest BCUT2D eigenvalue weighted by atomic mass is 10.2. The highest BCUT2D eigenvalue weighted by atomic mass is 35.5. The average molecular weight is 242 g/mol. The van der Waals surface area contributed by atoms with Crippen LogP contribution in [0.4, 0.5) is 5.69 Å². The largest absolute Gasteiger partial charge is 0.462 e. The van der Waals surface area contributed by atoms with E-state index < -0.39 is 0 Å². The van der Waals surface area contributed by atoms with Crippen molar-refractivity contribution in [3.05, 3.63) is 29.8 Å². The van der Waals surface area contributed by atoms with Gasteiger partial charge in [-0.3, -0.25) is 0 Å². The monoisotopic (exact) mass is 241 g/mol. The molecule has 1 rings (SSSR count). The third-order valence-electron chi connectivity index (χ3n) is 2.24. The molecular weight excluding hydrogens is 226 g/mol. The Bertz CT molecular complexity index is 337. The fourth-order valence-electron chi connectivity index (χ4n) is 1.32. The minimum Gasteiger partial charge on any atom is -0.462 e. The van der Waals surface area contributed by atoms with Gasteiger partial charge in [0, 0.05) is 25.2 Å². The van der Waals surface area contributed by atoms with E-state index in [2.05, 4.69) is 0 Å². The molecule has 1 aromatic carbocycles. The molecule has 0 aromatic heterocycles. The molecule has 0 atom stereocenters. The van der Waals surface area contributed by atoms with Crippen molar-refractivity contribution in [2.75, 3.05) is 31.0 Å². The van der Waals surface area contributed by atoms with Crippen LogP contribution in [-0.4, -0.2) is 32.0 Å². The number of ether oxygens (including phenoxy) is 1. The Balaban J connectivity index is 2.71. The summed E-state index contributed by atoms with van der Waals surface area (Å²) in [6.45, 7) is 2.97. The van der Waals surface area contributed by atoms with Gasteiger partial charge in [-0.15, -0.1) is 11.6 Å². The number of hydrogen-bond acceptors (Lipinski definition) is 3. The molecule has 0 bridgehead atoms. The molecule has 0 saturated carbocycles. The van der Waals surface area contributed by atoms with E-state index in [-0.39, 0.29) is 5.97 Å². The molecule has 88 valence electrons. The first kappa shape index (κ1) is 12.8. The predicted octanol–water partition coefficient (Wildman–Crippen LogP) is 2.54. The van der Waals surface area contributed by atoms with Gasteiger partial charge in [0.05, 0.1) is 12.2 Å². The summed E-state index contributed by atoms with van der Waals surface area (Å²) >= 11 is 5.65. The minimum atomic E-state index is -0.283. The van der Waals surface area contributed by atoms with E-state index in [0.717, 1.165) is 12.2 Å². The first-order chi connectivity index (χ1) is 7.69. The number of esters is 1. The number of halogens is 1. The summed E-state index contributed by atoms with van der Waals surface area (Å²) in [5.41, 5.74) is 1.61. The van der Waals surface area contributed by atoms with Gasteiger partial charge in [0.2, 0.25) is 0 Å². The Morgan fingerprint density at radius 1 is 1.38 bits per heavy atom. The highest BCUT2D eigenvalue weighted by molar-refractivity contribution is 6.18. The number of rotatable bonds is 5. The lowest BCUT2D eigenvalue weighted by molar-refractivity contribution is 0.0526. The number of carbonyl (C=O) groups excluding carboxylic acids is 1. The number of anilines is 1. The Labute approximate surface area is 101 Å². The van der Waals surface area contributed by atoms with Gasteiger partial charge in [0.25, 0.3) is 0 Å². The van der Waals surface area contributed by atoms with Crippen molar-refractivity contribution in [2.24, 2.45) is 0 Å². The zero-order valence-corrected chi connectivity index (χ0v) is 10.3. The van der Waals surface area contributed by atoms with Crippen LogP contribution in [-0.2, 0) is 4.74 Å². The molecule has 0 spiro atoms. The fraction of sp³-hybridized carbons (Fsp3) is 0.417. The number of carbonyl (C=O) groups is 1. The summed E-state index contributed by atoms with van der Waals surface area (Å²) < 4.78 is 4.90. The zero-order chi connectivity index (χ0) is 12.0. The van der Waals surface area contributed by atoms with Crippen molar-refractivity contribution in [1.29, 1.82) is 0 Å². The third kappa shape index (κ3) is 3.42. The van der Waals surface area contributed by atoms with Crippen molar-refractivity contribution in [3.8, 4) is 0 Å². The standard InChI is InChI=1S/C12H16ClNO2/c1-3-16-12(15)10-4-6-11(7-5-10)14(2)9-8-13/h4-7H,3,8-9H2,1-2H3. The Morgan fingerprint density at radius 3 is 2.50 bits per heavy atom. The van der Waals surface area contributed by atoms with Crippen molar-refractivity contribution < 1.29 is 9.53 Å². The topological polar surface area (TPSA) is 29.5 Å². The SMILES string of the molecule is CCOC(=O)c1ccc(N(C)CCCl)cc1. The number of benzene rings is 1. The Kier molecular flexibility index (Phi) is 5.12. The van der Waals surface area contributed by atoms with Gasteiger partial charge < -0.3 is 9.64 Å². The van der Waals surface area contributed by atoms with Gasteiger partial charge in [0.1, 0.15) is 0 Å². The molecule has 0 N–H and O–H groups in total.